The number of hydrogen-bond acceptors (Lipinski definition) is 10. The monoisotopic (exact) mass is 648 g/mol. The van der Waals surface area contributed by atoms with Crippen molar-refractivity contribution >= 4 is 22.3 Å². The Labute approximate surface area is 284 Å². The first kappa shape index (κ1) is 31.4. The fourth-order valence-corrected chi connectivity index (χ4v) is 8.34. The standard InChI is InChI=1S/C38H48N8O2/c1-25-7-3-10-27-11-5-13-33(35(25)27)44-18-15-30-32(23-44)41-38(47-24-29-12-6-17-43(29)2)42-36(30)45-19-20-46(28(22-45)14-16-39)37-34(48-37)21-31(40)26-8-4-9-26/h3,5,7,10-11,13,28-29,34,37H,4,6,8-9,12,14-15,17-24,40H2,1-2H3/t28-,29-,34?,37?/m0/s1. The zero-order valence-corrected chi connectivity index (χ0v) is 28.4. The maximum Gasteiger partial charge on any atom is 0.318 e. The van der Waals surface area contributed by atoms with Gasteiger partial charge in [0.15, 0.2) is 0 Å². The number of epoxide rings is 1. The van der Waals surface area contributed by atoms with Crippen LogP contribution >= 0.6 is 0 Å². The van der Waals surface area contributed by atoms with Crippen LogP contribution in [0.3, 0.4) is 0 Å². The van der Waals surface area contributed by atoms with E-state index in [-0.39, 0.29) is 18.4 Å². The molecule has 8 rings (SSSR count). The minimum absolute atomic E-state index is 0.0315. The fourth-order valence-electron chi connectivity index (χ4n) is 8.34. The van der Waals surface area contributed by atoms with Crippen LogP contribution in [0.2, 0.25) is 0 Å². The number of nitriles is 1. The van der Waals surface area contributed by atoms with Crippen LogP contribution in [0.15, 0.2) is 47.7 Å². The highest BCUT2D eigenvalue weighted by atomic mass is 16.6. The Bertz CT molecular complexity index is 1740. The molecule has 5 aliphatic rings. The van der Waals surface area contributed by atoms with Crippen molar-refractivity contribution in [2.45, 2.75) is 89.3 Å². The topological polar surface area (TPSA) is 110 Å². The Hall–Kier alpha value is -3.91. The second-order valence-corrected chi connectivity index (χ2v) is 14.4. The van der Waals surface area contributed by atoms with Gasteiger partial charge in [0.05, 0.1) is 24.7 Å². The lowest BCUT2D eigenvalue weighted by Gasteiger charge is -2.42. The van der Waals surface area contributed by atoms with Gasteiger partial charge < -0.3 is 29.9 Å². The van der Waals surface area contributed by atoms with Crippen LogP contribution in [0, 0.1) is 18.3 Å². The van der Waals surface area contributed by atoms with Gasteiger partial charge in [-0.1, -0.05) is 35.9 Å². The van der Waals surface area contributed by atoms with Crippen LogP contribution in [0.25, 0.3) is 10.8 Å². The number of aryl methyl sites for hydroxylation is 1. The van der Waals surface area contributed by atoms with Gasteiger partial charge in [-0.2, -0.15) is 15.2 Å². The Kier molecular flexibility index (Phi) is 8.62. The van der Waals surface area contributed by atoms with Gasteiger partial charge in [0, 0.05) is 67.0 Å². The number of benzene rings is 2. The summed E-state index contributed by atoms with van der Waals surface area (Å²) in [5, 5.41) is 12.4. The van der Waals surface area contributed by atoms with Crippen molar-refractivity contribution in [1.82, 2.24) is 19.8 Å². The maximum absolute atomic E-state index is 9.86. The Morgan fingerprint density at radius 1 is 1.02 bits per heavy atom. The summed E-state index contributed by atoms with van der Waals surface area (Å²) in [6.45, 7) is 7.82. The zero-order valence-electron chi connectivity index (χ0n) is 28.4. The van der Waals surface area contributed by atoms with Crippen molar-refractivity contribution in [2.24, 2.45) is 5.73 Å². The summed E-state index contributed by atoms with van der Waals surface area (Å²) in [4.78, 5) is 19.8. The minimum Gasteiger partial charge on any atom is -0.462 e. The lowest BCUT2D eigenvalue weighted by molar-refractivity contribution is 0.111. The third-order valence-corrected chi connectivity index (χ3v) is 11.4. The number of rotatable bonds is 9. The molecule has 2 N–H and O–H groups in total. The number of nitrogens with zero attached hydrogens (tertiary/aromatic N) is 7. The molecule has 252 valence electrons. The summed E-state index contributed by atoms with van der Waals surface area (Å²) >= 11 is 0. The second kappa shape index (κ2) is 13.2. The number of anilines is 2. The molecule has 0 radical (unpaired) electrons. The summed E-state index contributed by atoms with van der Waals surface area (Å²) < 4.78 is 12.6. The quantitative estimate of drug-likeness (QED) is 0.322. The van der Waals surface area contributed by atoms with Crippen LogP contribution in [-0.4, -0.2) is 90.6 Å². The number of aromatic nitrogens is 2. The van der Waals surface area contributed by atoms with E-state index >= 15 is 0 Å². The molecule has 5 heterocycles. The lowest BCUT2D eigenvalue weighted by Crippen LogP contribution is -2.55. The van der Waals surface area contributed by atoms with Gasteiger partial charge in [0.2, 0.25) is 0 Å². The number of likely N-dealkylation sites (tertiary alicyclic amines) is 1. The molecule has 10 heteroatoms. The molecular formula is C38H48N8O2. The molecule has 2 unspecified atom stereocenters. The highest BCUT2D eigenvalue weighted by Gasteiger charge is 2.48. The molecule has 1 aliphatic carbocycles. The number of piperazine rings is 1. The fraction of sp³-hybridized carbons (Fsp3) is 0.553. The summed E-state index contributed by atoms with van der Waals surface area (Å²) in [5.74, 6) is 0.971. The third-order valence-electron chi connectivity index (χ3n) is 11.4. The molecule has 48 heavy (non-hydrogen) atoms. The Morgan fingerprint density at radius 3 is 2.65 bits per heavy atom. The van der Waals surface area contributed by atoms with Crippen molar-refractivity contribution in [3.05, 3.63) is 64.5 Å². The number of ether oxygens (including phenoxy) is 2. The summed E-state index contributed by atoms with van der Waals surface area (Å²) in [6.07, 6.45) is 8.07. The van der Waals surface area contributed by atoms with Gasteiger partial charge in [-0.15, -0.1) is 0 Å². The molecule has 0 bridgehead atoms. The summed E-state index contributed by atoms with van der Waals surface area (Å²) in [5.41, 5.74) is 13.6. The normalized spacial score (nSPS) is 25.9. The molecule has 0 amide bonds. The SMILES string of the molecule is Cc1cccc2cccc(N3CCc4c(nc(OC[C@@H]5CCCN5C)nc4N4CCN(C5OC5CC(N)=C5CCC5)[C@@H](CC#N)C4)C3)c12. The van der Waals surface area contributed by atoms with Crippen molar-refractivity contribution in [2.75, 3.05) is 56.2 Å². The molecular weight excluding hydrogens is 600 g/mol. The molecule has 4 aliphatic heterocycles. The van der Waals surface area contributed by atoms with Gasteiger partial charge in [0.1, 0.15) is 24.8 Å². The van der Waals surface area contributed by atoms with E-state index in [1.54, 1.807) is 0 Å². The number of nitrogens with two attached hydrogens (primary N) is 1. The van der Waals surface area contributed by atoms with E-state index in [0.717, 1.165) is 82.0 Å². The smallest absolute Gasteiger partial charge is 0.318 e. The Balaban J connectivity index is 1.06. The maximum atomic E-state index is 9.86. The first-order valence-corrected chi connectivity index (χ1v) is 17.9. The van der Waals surface area contributed by atoms with Gasteiger partial charge in [-0.3, -0.25) is 4.90 Å². The van der Waals surface area contributed by atoms with E-state index in [1.807, 2.05) is 0 Å². The van der Waals surface area contributed by atoms with Crippen LogP contribution in [0.4, 0.5) is 11.5 Å². The van der Waals surface area contributed by atoms with Crippen LogP contribution < -0.4 is 20.3 Å². The van der Waals surface area contributed by atoms with E-state index in [2.05, 4.69) is 76.0 Å². The number of likely N-dealkylation sites (N-methyl/N-ethyl adjacent to an activating group) is 1. The second-order valence-electron chi connectivity index (χ2n) is 14.4. The molecule has 2 aromatic carbocycles. The molecule has 1 aromatic heterocycles. The molecule has 10 nitrogen and oxygen atoms in total. The van der Waals surface area contributed by atoms with E-state index < -0.39 is 0 Å². The van der Waals surface area contributed by atoms with Gasteiger partial charge in [-0.25, -0.2) is 0 Å². The Morgan fingerprint density at radius 2 is 1.88 bits per heavy atom. The van der Waals surface area contributed by atoms with E-state index in [0.29, 0.717) is 31.6 Å². The molecule has 4 atom stereocenters. The summed E-state index contributed by atoms with van der Waals surface area (Å²) in [7, 11) is 2.17. The average molecular weight is 649 g/mol. The zero-order chi connectivity index (χ0) is 32.8. The molecule has 3 saturated heterocycles. The predicted octanol–water partition coefficient (Wildman–Crippen LogP) is 4.89. The van der Waals surface area contributed by atoms with E-state index in [4.69, 9.17) is 25.2 Å². The highest BCUT2D eigenvalue weighted by molar-refractivity contribution is 5.97. The number of allylic oxidation sites excluding steroid dienone is 1. The number of hydrogen-bond donors (Lipinski definition) is 1. The van der Waals surface area contributed by atoms with Gasteiger partial charge >= 0.3 is 6.01 Å². The summed E-state index contributed by atoms with van der Waals surface area (Å²) in [6, 6.07) is 16.5. The van der Waals surface area contributed by atoms with Gasteiger partial charge in [-0.05, 0) is 76.1 Å². The van der Waals surface area contributed by atoms with Crippen LogP contribution in [0.1, 0.15) is 61.8 Å². The van der Waals surface area contributed by atoms with Crippen LogP contribution in [0.5, 0.6) is 6.01 Å². The third kappa shape index (κ3) is 6.08. The van der Waals surface area contributed by atoms with Crippen molar-refractivity contribution in [1.29, 1.82) is 5.26 Å². The average Bonchev–Trinajstić information content (AvgIpc) is 3.70. The highest BCUT2D eigenvalue weighted by Crippen LogP contribution is 2.39. The first-order chi connectivity index (χ1) is 23.5. The largest absolute Gasteiger partial charge is 0.462 e. The van der Waals surface area contributed by atoms with E-state index in [9.17, 15) is 5.26 Å². The molecule has 3 aromatic rings. The van der Waals surface area contributed by atoms with Crippen molar-refractivity contribution in [3.8, 4) is 12.1 Å². The lowest BCUT2D eigenvalue weighted by atomic mass is 9.89. The molecule has 1 saturated carbocycles. The van der Waals surface area contributed by atoms with E-state index in [1.165, 1.54) is 46.0 Å². The molecule has 0 spiro atoms. The minimum atomic E-state index is 0.0315. The molecule has 4 fully saturated rings. The van der Waals surface area contributed by atoms with Gasteiger partial charge in [0.25, 0.3) is 0 Å². The first-order valence-electron chi connectivity index (χ1n) is 17.9. The van der Waals surface area contributed by atoms with Crippen molar-refractivity contribution in [3.63, 3.8) is 0 Å². The number of fused-ring (bicyclic) bond motifs is 2. The predicted molar refractivity (Wildman–Crippen MR) is 188 cm³/mol. The van der Waals surface area contributed by atoms with Crippen molar-refractivity contribution < 1.29 is 9.47 Å². The van der Waals surface area contributed by atoms with Crippen LogP contribution in [-0.2, 0) is 17.7 Å².